The van der Waals surface area contributed by atoms with Crippen LogP contribution in [-0.2, 0) is 6.54 Å². The minimum atomic E-state index is 0.551. The highest BCUT2D eigenvalue weighted by atomic mass is 35.5. The van der Waals surface area contributed by atoms with Crippen molar-refractivity contribution in [2.45, 2.75) is 6.54 Å². The molecule has 0 atom stereocenters. The molecule has 0 spiro atoms. The summed E-state index contributed by atoms with van der Waals surface area (Å²) in [6, 6.07) is 11.3. The molecule has 0 saturated carbocycles. The fourth-order valence-corrected chi connectivity index (χ4v) is 2.43. The van der Waals surface area contributed by atoms with Gasteiger partial charge >= 0.3 is 0 Å². The Morgan fingerprint density at radius 2 is 2.00 bits per heavy atom. The summed E-state index contributed by atoms with van der Waals surface area (Å²) in [5.74, 6) is 0. The standard InChI is InChI=1S/C14H11Cl2N3/c15-12-3-1-2-10(14(12)16)8-19-13-6-11(17)5-4-9(13)7-18-19/h1-7H,8,17H2. The summed E-state index contributed by atoms with van der Waals surface area (Å²) < 4.78 is 1.86. The van der Waals surface area contributed by atoms with Crippen LogP contribution in [-0.4, -0.2) is 9.78 Å². The van der Waals surface area contributed by atoms with E-state index in [4.69, 9.17) is 28.9 Å². The molecule has 0 saturated heterocycles. The highest BCUT2D eigenvalue weighted by molar-refractivity contribution is 6.42. The monoisotopic (exact) mass is 291 g/mol. The molecule has 96 valence electrons. The zero-order valence-corrected chi connectivity index (χ0v) is 11.5. The van der Waals surface area contributed by atoms with Gasteiger partial charge in [-0.25, -0.2) is 0 Å². The number of hydrogen-bond acceptors (Lipinski definition) is 2. The number of anilines is 1. The van der Waals surface area contributed by atoms with Crippen molar-refractivity contribution >= 4 is 39.8 Å². The quantitative estimate of drug-likeness (QED) is 0.726. The van der Waals surface area contributed by atoms with Crippen molar-refractivity contribution in [1.82, 2.24) is 9.78 Å². The van der Waals surface area contributed by atoms with Crippen LogP contribution in [0.15, 0.2) is 42.6 Å². The second kappa shape index (κ2) is 4.76. The van der Waals surface area contributed by atoms with Crippen molar-refractivity contribution in [2.75, 3.05) is 5.73 Å². The zero-order valence-electron chi connectivity index (χ0n) is 9.98. The molecule has 1 aromatic heterocycles. The van der Waals surface area contributed by atoms with Crippen molar-refractivity contribution in [2.24, 2.45) is 0 Å². The van der Waals surface area contributed by atoms with Gasteiger partial charge in [-0.2, -0.15) is 5.10 Å². The van der Waals surface area contributed by atoms with Crippen molar-refractivity contribution in [1.29, 1.82) is 0 Å². The normalized spacial score (nSPS) is 11.1. The largest absolute Gasteiger partial charge is 0.399 e. The molecule has 0 amide bonds. The molecule has 0 aliphatic rings. The lowest BCUT2D eigenvalue weighted by Crippen LogP contribution is -2.02. The van der Waals surface area contributed by atoms with Gasteiger partial charge in [0.2, 0.25) is 0 Å². The Hall–Kier alpha value is -1.71. The predicted octanol–water partition coefficient (Wildman–Crippen LogP) is 3.97. The maximum atomic E-state index is 6.19. The molecular formula is C14H11Cl2N3. The molecule has 3 rings (SSSR count). The van der Waals surface area contributed by atoms with Crippen molar-refractivity contribution < 1.29 is 0 Å². The molecule has 5 heteroatoms. The second-order valence-electron chi connectivity index (χ2n) is 4.33. The molecule has 2 N–H and O–H groups in total. The highest BCUT2D eigenvalue weighted by Gasteiger charge is 2.08. The van der Waals surface area contributed by atoms with E-state index in [1.165, 1.54) is 0 Å². The summed E-state index contributed by atoms with van der Waals surface area (Å²) in [4.78, 5) is 0. The second-order valence-corrected chi connectivity index (χ2v) is 5.12. The number of aromatic nitrogens is 2. The summed E-state index contributed by atoms with van der Waals surface area (Å²) in [6.45, 7) is 0.562. The van der Waals surface area contributed by atoms with E-state index in [0.29, 0.717) is 22.3 Å². The van der Waals surface area contributed by atoms with Crippen LogP contribution < -0.4 is 5.73 Å². The van der Waals surface area contributed by atoms with Crippen LogP contribution in [0.5, 0.6) is 0 Å². The topological polar surface area (TPSA) is 43.8 Å². The maximum Gasteiger partial charge on any atom is 0.0706 e. The first-order chi connectivity index (χ1) is 9.15. The minimum absolute atomic E-state index is 0.551. The molecule has 0 bridgehead atoms. The van der Waals surface area contributed by atoms with Gasteiger partial charge in [0.05, 0.1) is 28.3 Å². The molecule has 0 aliphatic heterocycles. The summed E-state index contributed by atoms with van der Waals surface area (Å²) in [7, 11) is 0. The van der Waals surface area contributed by atoms with Gasteiger partial charge in [0.1, 0.15) is 0 Å². The molecule has 19 heavy (non-hydrogen) atoms. The Morgan fingerprint density at radius 1 is 1.16 bits per heavy atom. The van der Waals surface area contributed by atoms with Crippen LogP contribution in [0, 0.1) is 0 Å². The highest BCUT2D eigenvalue weighted by Crippen LogP contribution is 2.27. The number of rotatable bonds is 2. The Morgan fingerprint density at radius 3 is 2.84 bits per heavy atom. The first kappa shape index (κ1) is 12.3. The third kappa shape index (κ3) is 2.27. The van der Waals surface area contributed by atoms with Crippen LogP contribution in [0.2, 0.25) is 10.0 Å². The molecule has 0 fully saturated rings. The molecule has 0 unspecified atom stereocenters. The van der Waals surface area contributed by atoms with Gasteiger partial charge in [-0.15, -0.1) is 0 Å². The van der Waals surface area contributed by atoms with Crippen LogP contribution in [0.25, 0.3) is 10.9 Å². The average molecular weight is 292 g/mol. The number of nitrogens with zero attached hydrogens (tertiary/aromatic N) is 2. The van der Waals surface area contributed by atoms with Crippen LogP contribution in [0.4, 0.5) is 5.69 Å². The van der Waals surface area contributed by atoms with Gasteiger partial charge in [-0.05, 0) is 29.8 Å². The van der Waals surface area contributed by atoms with Gasteiger partial charge in [0.25, 0.3) is 0 Å². The molecule has 0 radical (unpaired) electrons. The van der Waals surface area contributed by atoms with Gasteiger partial charge in [-0.3, -0.25) is 4.68 Å². The number of halogens is 2. The lowest BCUT2D eigenvalue weighted by atomic mass is 10.2. The Balaban J connectivity index is 2.06. The fourth-order valence-electron chi connectivity index (χ4n) is 2.05. The average Bonchev–Trinajstić information content (AvgIpc) is 2.78. The predicted molar refractivity (Wildman–Crippen MR) is 79.7 cm³/mol. The van der Waals surface area contributed by atoms with Gasteiger partial charge in [0.15, 0.2) is 0 Å². The maximum absolute atomic E-state index is 6.19. The first-order valence-corrected chi connectivity index (χ1v) is 6.54. The molecule has 1 heterocycles. The zero-order chi connectivity index (χ0) is 13.4. The summed E-state index contributed by atoms with van der Waals surface area (Å²) in [6.07, 6.45) is 1.81. The van der Waals surface area contributed by atoms with Crippen LogP contribution in [0.1, 0.15) is 5.56 Å². The molecule has 3 nitrogen and oxygen atoms in total. The molecule has 2 aromatic carbocycles. The summed E-state index contributed by atoms with van der Waals surface area (Å²) >= 11 is 12.2. The summed E-state index contributed by atoms with van der Waals surface area (Å²) in [5, 5.41) is 6.53. The SMILES string of the molecule is Nc1ccc2cnn(Cc3cccc(Cl)c3Cl)c2c1. The van der Waals surface area contributed by atoms with E-state index in [0.717, 1.165) is 16.5 Å². The fraction of sp³-hybridized carbons (Fsp3) is 0.0714. The van der Waals surface area contributed by atoms with E-state index in [9.17, 15) is 0 Å². The molecule has 0 aliphatic carbocycles. The van der Waals surface area contributed by atoms with Crippen LogP contribution in [0.3, 0.4) is 0 Å². The number of fused-ring (bicyclic) bond motifs is 1. The minimum Gasteiger partial charge on any atom is -0.399 e. The third-order valence-corrected chi connectivity index (χ3v) is 3.88. The lowest BCUT2D eigenvalue weighted by Gasteiger charge is -2.07. The number of nitrogen functional groups attached to an aromatic ring is 1. The van der Waals surface area contributed by atoms with Crippen molar-refractivity contribution in [3.05, 3.63) is 58.2 Å². The van der Waals surface area contributed by atoms with E-state index >= 15 is 0 Å². The van der Waals surface area contributed by atoms with E-state index in [-0.39, 0.29) is 0 Å². The Bertz CT molecular complexity index is 750. The van der Waals surface area contributed by atoms with E-state index in [2.05, 4.69) is 5.10 Å². The molecular weight excluding hydrogens is 281 g/mol. The van der Waals surface area contributed by atoms with E-state index in [1.54, 1.807) is 6.07 Å². The van der Waals surface area contributed by atoms with E-state index in [1.807, 2.05) is 41.2 Å². The van der Waals surface area contributed by atoms with Gasteiger partial charge in [0, 0.05) is 11.1 Å². The van der Waals surface area contributed by atoms with Crippen molar-refractivity contribution in [3.8, 4) is 0 Å². The van der Waals surface area contributed by atoms with Gasteiger partial charge in [-0.1, -0.05) is 35.3 Å². The number of nitrogens with two attached hydrogens (primary N) is 1. The Labute approximate surface area is 120 Å². The lowest BCUT2D eigenvalue weighted by molar-refractivity contribution is 0.712. The van der Waals surface area contributed by atoms with Gasteiger partial charge < -0.3 is 5.73 Å². The first-order valence-electron chi connectivity index (χ1n) is 5.79. The van der Waals surface area contributed by atoms with Crippen molar-refractivity contribution in [3.63, 3.8) is 0 Å². The Kier molecular flexibility index (Phi) is 3.09. The smallest absolute Gasteiger partial charge is 0.0706 e. The molecule has 3 aromatic rings. The summed E-state index contributed by atoms with van der Waals surface area (Å²) in [5.41, 5.74) is 8.44. The van der Waals surface area contributed by atoms with Crippen LogP contribution >= 0.6 is 23.2 Å². The third-order valence-electron chi connectivity index (χ3n) is 3.02. The number of benzene rings is 2. The number of hydrogen-bond donors (Lipinski definition) is 1. The van der Waals surface area contributed by atoms with E-state index < -0.39 is 0 Å².